The number of amides is 1. The van der Waals surface area contributed by atoms with Crippen LogP contribution < -0.4 is 10.6 Å². The van der Waals surface area contributed by atoms with Gasteiger partial charge < -0.3 is 10.6 Å². The summed E-state index contributed by atoms with van der Waals surface area (Å²) < 4.78 is 13.3. The topological polar surface area (TPSA) is 41.1 Å². The molecule has 94 valence electrons. The van der Waals surface area contributed by atoms with Crippen molar-refractivity contribution in [2.24, 2.45) is 0 Å². The molecule has 1 rings (SSSR count). The number of anilines is 1. The van der Waals surface area contributed by atoms with Crippen LogP contribution in [0.15, 0.2) is 22.7 Å². The van der Waals surface area contributed by atoms with Crippen LogP contribution in [0, 0.1) is 5.82 Å². The van der Waals surface area contributed by atoms with Crippen molar-refractivity contribution in [3.8, 4) is 0 Å². The first-order valence-electron chi connectivity index (χ1n) is 5.28. The lowest BCUT2D eigenvalue weighted by Gasteiger charge is -2.20. The van der Waals surface area contributed by atoms with Crippen LogP contribution in [-0.4, -0.2) is 18.0 Å². The predicted octanol–water partition coefficient (Wildman–Crippen LogP) is 2.91. The van der Waals surface area contributed by atoms with Crippen LogP contribution in [0.4, 0.5) is 10.1 Å². The molecule has 0 bridgehead atoms. The molecule has 0 saturated carbocycles. The van der Waals surface area contributed by atoms with Crippen molar-refractivity contribution in [3.05, 3.63) is 28.5 Å². The van der Waals surface area contributed by atoms with Crippen molar-refractivity contribution < 1.29 is 9.18 Å². The third-order valence-electron chi connectivity index (χ3n) is 1.89. The zero-order chi connectivity index (χ0) is 13.1. The Kier molecular flexibility index (Phi) is 4.51. The minimum absolute atomic E-state index is 0.0991. The molecule has 0 aromatic heterocycles. The van der Waals surface area contributed by atoms with Crippen LogP contribution >= 0.6 is 15.9 Å². The third-order valence-corrected chi connectivity index (χ3v) is 2.49. The average Bonchev–Trinajstić information content (AvgIpc) is 2.17. The molecule has 0 fully saturated rings. The van der Waals surface area contributed by atoms with Crippen molar-refractivity contribution >= 4 is 27.5 Å². The van der Waals surface area contributed by atoms with E-state index in [1.165, 1.54) is 6.07 Å². The van der Waals surface area contributed by atoms with Gasteiger partial charge in [-0.15, -0.1) is 0 Å². The molecule has 17 heavy (non-hydrogen) atoms. The van der Waals surface area contributed by atoms with Gasteiger partial charge in [-0.1, -0.05) is 0 Å². The zero-order valence-corrected chi connectivity index (χ0v) is 11.7. The van der Waals surface area contributed by atoms with Gasteiger partial charge in [-0.3, -0.25) is 4.79 Å². The standard InChI is InChI=1S/C12H16BrFN2O/c1-12(2,3)16-11(17)7-15-8-4-5-10(14)9(13)6-8/h4-6,15H,7H2,1-3H3,(H,16,17). The largest absolute Gasteiger partial charge is 0.376 e. The molecule has 3 nitrogen and oxygen atoms in total. The molecule has 5 heteroatoms. The van der Waals surface area contributed by atoms with Crippen molar-refractivity contribution in [1.29, 1.82) is 0 Å². The summed E-state index contributed by atoms with van der Waals surface area (Å²) in [6.07, 6.45) is 0. The quantitative estimate of drug-likeness (QED) is 0.901. The van der Waals surface area contributed by atoms with Crippen molar-refractivity contribution in [1.82, 2.24) is 5.32 Å². The fourth-order valence-electron chi connectivity index (χ4n) is 1.25. The van der Waals surface area contributed by atoms with Gasteiger partial charge in [0.15, 0.2) is 0 Å². The molecule has 0 aliphatic heterocycles. The number of carbonyl (C=O) groups excluding carboxylic acids is 1. The number of benzene rings is 1. The first-order valence-corrected chi connectivity index (χ1v) is 6.07. The van der Waals surface area contributed by atoms with E-state index in [1.54, 1.807) is 12.1 Å². The number of hydrogen-bond donors (Lipinski definition) is 2. The summed E-state index contributed by atoms with van der Waals surface area (Å²) in [5.41, 5.74) is 0.449. The van der Waals surface area contributed by atoms with E-state index in [1.807, 2.05) is 20.8 Å². The molecule has 1 aromatic carbocycles. The highest BCUT2D eigenvalue weighted by Crippen LogP contribution is 2.19. The van der Waals surface area contributed by atoms with Crippen LogP contribution in [0.3, 0.4) is 0 Å². The first kappa shape index (κ1) is 14.0. The number of rotatable bonds is 3. The van der Waals surface area contributed by atoms with E-state index in [9.17, 15) is 9.18 Å². The lowest BCUT2D eigenvalue weighted by atomic mass is 10.1. The highest BCUT2D eigenvalue weighted by Gasteiger charge is 2.13. The summed E-state index contributed by atoms with van der Waals surface area (Å²) in [5.74, 6) is -0.423. The van der Waals surface area contributed by atoms with Gasteiger partial charge in [0.25, 0.3) is 0 Å². The first-order chi connectivity index (χ1) is 7.78. The summed E-state index contributed by atoms with van der Waals surface area (Å²) >= 11 is 3.09. The predicted molar refractivity (Wildman–Crippen MR) is 70.5 cm³/mol. The highest BCUT2D eigenvalue weighted by molar-refractivity contribution is 9.10. The summed E-state index contributed by atoms with van der Waals surface area (Å²) in [6.45, 7) is 5.91. The van der Waals surface area contributed by atoms with E-state index in [2.05, 4.69) is 26.6 Å². The van der Waals surface area contributed by atoms with Gasteiger partial charge in [-0.2, -0.15) is 0 Å². The van der Waals surface area contributed by atoms with Crippen LogP contribution in [0.5, 0.6) is 0 Å². The van der Waals surface area contributed by atoms with Crippen molar-refractivity contribution in [3.63, 3.8) is 0 Å². The van der Waals surface area contributed by atoms with E-state index in [0.717, 1.165) is 0 Å². The Morgan fingerprint density at radius 1 is 1.41 bits per heavy atom. The molecule has 0 unspecified atom stereocenters. The smallest absolute Gasteiger partial charge is 0.239 e. The van der Waals surface area contributed by atoms with Crippen LogP contribution in [-0.2, 0) is 4.79 Å². The van der Waals surface area contributed by atoms with Crippen molar-refractivity contribution in [2.75, 3.05) is 11.9 Å². The Bertz CT molecular complexity index is 415. The van der Waals surface area contributed by atoms with Crippen LogP contribution in [0.25, 0.3) is 0 Å². The summed E-state index contributed by atoms with van der Waals surface area (Å²) in [4.78, 5) is 11.5. The fourth-order valence-corrected chi connectivity index (χ4v) is 1.63. The Balaban J connectivity index is 2.50. The molecule has 0 aliphatic carbocycles. The van der Waals surface area contributed by atoms with Gasteiger partial charge in [0.1, 0.15) is 5.82 Å². The Morgan fingerprint density at radius 2 is 2.06 bits per heavy atom. The molecule has 0 heterocycles. The van der Waals surface area contributed by atoms with Gasteiger partial charge in [0, 0.05) is 11.2 Å². The molecule has 0 aliphatic rings. The second kappa shape index (κ2) is 5.49. The lowest BCUT2D eigenvalue weighted by Crippen LogP contribution is -2.43. The van der Waals surface area contributed by atoms with Crippen LogP contribution in [0.1, 0.15) is 20.8 Å². The molecule has 0 radical (unpaired) electrons. The molecule has 0 saturated heterocycles. The summed E-state index contributed by atoms with van der Waals surface area (Å²) in [6, 6.07) is 4.53. The minimum Gasteiger partial charge on any atom is -0.376 e. The number of carbonyl (C=O) groups is 1. The number of hydrogen-bond acceptors (Lipinski definition) is 2. The molecule has 2 N–H and O–H groups in total. The van der Waals surface area contributed by atoms with E-state index >= 15 is 0 Å². The fraction of sp³-hybridized carbons (Fsp3) is 0.417. The van der Waals surface area contributed by atoms with E-state index in [4.69, 9.17) is 0 Å². The lowest BCUT2D eigenvalue weighted by molar-refractivity contribution is -0.120. The highest BCUT2D eigenvalue weighted by atomic mass is 79.9. The maximum atomic E-state index is 13.0. The van der Waals surface area contributed by atoms with Gasteiger partial charge in [-0.25, -0.2) is 4.39 Å². The second-order valence-corrected chi connectivity index (χ2v) is 5.63. The molecule has 1 aromatic rings. The van der Waals surface area contributed by atoms with E-state index in [0.29, 0.717) is 10.2 Å². The molecule has 0 atom stereocenters. The summed E-state index contributed by atoms with van der Waals surface area (Å²) in [7, 11) is 0. The molecular formula is C12H16BrFN2O. The maximum Gasteiger partial charge on any atom is 0.239 e. The minimum atomic E-state index is -0.324. The van der Waals surface area contributed by atoms with Crippen LogP contribution in [0.2, 0.25) is 0 Å². The Labute approximate surface area is 109 Å². The van der Waals surface area contributed by atoms with E-state index < -0.39 is 0 Å². The molecule has 1 amide bonds. The number of nitrogens with one attached hydrogen (secondary N) is 2. The van der Waals surface area contributed by atoms with Gasteiger partial charge in [0.05, 0.1) is 11.0 Å². The molecule has 0 spiro atoms. The molecular weight excluding hydrogens is 287 g/mol. The van der Waals surface area contributed by atoms with Gasteiger partial charge in [0.2, 0.25) is 5.91 Å². The number of halogens is 2. The summed E-state index contributed by atoms with van der Waals surface area (Å²) in [5, 5.41) is 5.75. The van der Waals surface area contributed by atoms with Gasteiger partial charge >= 0.3 is 0 Å². The van der Waals surface area contributed by atoms with Gasteiger partial charge in [-0.05, 0) is 54.9 Å². The SMILES string of the molecule is CC(C)(C)NC(=O)CNc1ccc(F)c(Br)c1. The zero-order valence-electron chi connectivity index (χ0n) is 10.1. The monoisotopic (exact) mass is 302 g/mol. The Hall–Kier alpha value is -1.10. The normalized spacial score (nSPS) is 11.1. The van der Waals surface area contributed by atoms with Crippen molar-refractivity contribution in [2.45, 2.75) is 26.3 Å². The van der Waals surface area contributed by atoms with E-state index in [-0.39, 0.29) is 23.8 Å². The Morgan fingerprint density at radius 3 is 2.59 bits per heavy atom. The average molecular weight is 303 g/mol. The third kappa shape index (κ3) is 5.17. The second-order valence-electron chi connectivity index (χ2n) is 4.78. The maximum absolute atomic E-state index is 13.0.